The number of halogens is 2. The monoisotopic (exact) mass is 447 g/mol. The van der Waals surface area contributed by atoms with E-state index in [0.29, 0.717) is 35.4 Å². The van der Waals surface area contributed by atoms with E-state index in [0.717, 1.165) is 17.7 Å². The fraction of sp³-hybridized carbons (Fsp3) is 0.429. The van der Waals surface area contributed by atoms with Crippen molar-refractivity contribution in [2.24, 2.45) is 10.9 Å². The van der Waals surface area contributed by atoms with Crippen molar-refractivity contribution in [2.45, 2.75) is 38.8 Å². The van der Waals surface area contributed by atoms with Crippen LogP contribution in [0, 0.1) is 5.92 Å². The summed E-state index contributed by atoms with van der Waals surface area (Å²) in [5.41, 5.74) is 1.57. The Hall–Kier alpha value is -2.38. The van der Waals surface area contributed by atoms with E-state index in [1.165, 1.54) is 0 Å². The minimum Gasteiger partial charge on any atom is -0.352 e. The number of fused-ring (bicyclic) bond motifs is 1. The van der Waals surface area contributed by atoms with E-state index in [9.17, 15) is 9.59 Å². The van der Waals surface area contributed by atoms with Crippen LogP contribution < -0.4 is 5.32 Å². The number of carbonyl (C=O) groups excluding carboxylic acids is 2. The van der Waals surface area contributed by atoms with E-state index < -0.39 is 5.92 Å². The van der Waals surface area contributed by atoms with Gasteiger partial charge < -0.3 is 10.2 Å². The average molecular weight is 448 g/mol. The normalized spacial score (nSPS) is 23.1. The maximum absolute atomic E-state index is 13.6. The van der Waals surface area contributed by atoms with Gasteiger partial charge in [-0.05, 0) is 31.0 Å². The largest absolute Gasteiger partial charge is 0.352 e. The van der Waals surface area contributed by atoms with Crippen LogP contribution in [0.25, 0.3) is 0 Å². The molecule has 0 aliphatic carbocycles. The second-order valence-corrected chi connectivity index (χ2v) is 8.49. The van der Waals surface area contributed by atoms with Crippen LogP contribution in [0.15, 0.2) is 35.5 Å². The Morgan fingerprint density at radius 1 is 1.23 bits per heavy atom. The SMILES string of the molecule is CCC(=O)NC1CCN(C(=O)C2C(C)=Nc3ccnn3C2c2ccc(Cl)c(Cl)c2)C1. The van der Waals surface area contributed by atoms with Gasteiger partial charge in [0.15, 0.2) is 5.82 Å². The van der Waals surface area contributed by atoms with Crippen molar-refractivity contribution >= 4 is 46.5 Å². The maximum Gasteiger partial charge on any atom is 0.233 e. The van der Waals surface area contributed by atoms with E-state index >= 15 is 0 Å². The number of carbonyl (C=O) groups is 2. The van der Waals surface area contributed by atoms with Crippen LogP contribution in [0.2, 0.25) is 10.0 Å². The van der Waals surface area contributed by atoms with E-state index in [1.807, 2.05) is 30.9 Å². The fourth-order valence-electron chi connectivity index (χ4n) is 4.18. The number of nitrogens with one attached hydrogen (secondary N) is 1. The van der Waals surface area contributed by atoms with Crippen LogP contribution in [0.1, 0.15) is 38.3 Å². The molecule has 2 amide bonds. The Morgan fingerprint density at radius 2 is 2.03 bits per heavy atom. The number of nitrogens with zero attached hydrogens (tertiary/aromatic N) is 4. The van der Waals surface area contributed by atoms with Gasteiger partial charge in [-0.25, -0.2) is 9.67 Å². The zero-order chi connectivity index (χ0) is 21.4. The van der Waals surface area contributed by atoms with Crippen molar-refractivity contribution in [1.29, 1.82) is 0 Å². The fourth-order valence-corrected chi connectivity index (χ4v) is 4.49. The molecule has 0 bridgehead atoms. The molecular formula is C21H23Cl2N5O2. The molecule has 9 heteroatoms. The third-order valence-corrected chi connectivity index (χ3v) is 6.45. The van der Waals surface area contributed by atoms with Gasteiger partial charge in [0.2, 0.25) is 11.8 Å². The molecule has 2 aliphatic heterocycles. The lowest BCUT2D eigenvalue weighted by Crippen LogP contribution is -2.45. The lowest BCUT2D eigenvalue weighted by Gasteiger charge is -2.33. The summed E-state index contributed by atoms with van der Waals surface area (Å²) in [4.78, 5) is 31.8. The van der Waals surface area contributed by atoms with Gasteiger partial charge in [-0.15, -0.1) is 0 Å². The number of amides is 2. The Bertz CT molecular complexity index is 1020. The molecule has 1 fully saturated rings. The third-order valence-electron chi connectivity index (χ3n) is 5.71. The van der Waals surface area contributed by atoms with Crippen LogP contribution in [0.3, 0.4) is 0 Å². The molecule has 4 rings (SSSR count). The molecule has 7 nitrogen and oxygen atoms in total. The molecule has 3 unspecified atom stereocenters. The summed E-state index contributed by atoms with van der Waals surface area (Å²) in [5.74, 6) is 0.152. The highest BCUT2D eigenvalue weighted by atomic mass is 35.5. The molecule has 1 N–H and O–H groups in total. The zero-order valence-electron chi connectivity index (χ0n) is 16.8. The summed E-state index contributed by atoms with van der Waals surface area (Å²) in [6, 6.07) is 6.81. The topological polar surface area (TPSA) is 79.6 Å². The molecule has 1 aromatic carbocycles. The van der Waals surface area contributed by atoms with Crippen LogP contribution >= 0.6 is 23.2 Å². The quantitative estimate of drug-likeness (QED) is 0.776. The number of aliphatic imine (C=N–C) groups is 1. The molecule has 2 aromatic rings. The molecule has 1 aromatic heterocycles. The van der Waals surface area contributed by atoms with Gasteiger partial charge in [-0.2, -0.15) is 5.10 Å². The smallest absolute Gasteiger partial charge is 0.233 e. The second-order valence-electron chi connectivity index (χ2n) is 7.67. The highest BCUT2D eigenvalue weighted by Crippen LogP contribution is 2.39. The van der Waals surface area contributed by atoms with Crippen molar-refractivity contribution in [1.82, 2.24) is 20.0 Å². The predicted octanol–water partition coefficient (Wildman–Crippen LogP) is 3.63. The second kappa shape index (κ2) is 8.40. The molecule has 0 saturated carbocycles. The van der Waals surface area contributed by atoms with Crippen molar-refractivity contribution in [3.8, 4) is 0 Å². The summed E-state index contributed by atoms with van der Waals surface area (Å²) in [7, 11) is 0. The lowest BCUT2D eigenvalue weighted by atomic mass is 9.87. The first-order valence-corrected chi connectivity index (χ1v) is 10.8. The molecule has 3 heterocycles. The number of hydrogen-bond donors (Lipinski definition) is 1. The molecular weight excluding hydrogens is 425 g/mol. The molecule has 1 saturated heterocycles. The Labute approximate surface area is 185 Å². The third kappa shape index (κ3) is 3.84. The predicted molar refractivity (Wildman–Crippen MR) is 117 cm³/mol. The van der Waals surface area contributed by atoms with E-state index in [4.69, 9.17) is 23.2 Å². The van der Waals surface area contributed by atoms with Gasteiger partial charge in [0, 0.05) is 37.3 Å². The maximum atomic E-state index is 13.6. The first-order chi connectivity index (χ1) is 14.4. The molecule has 0 spiro atoms. The molecule has 158 valence electrons. The van der Waals surface area contributed by atoms with Crippen molar-refractivity contribution in [2.75, 3.05) is 13.1 Å². The van der Waals surface area contributed by atoms with Gasteiger partial charge in [-0.1, -0.05) is 36.2 Å². The minimum atomic E-state index is -0.518. The van der Waals surface area contributed by atoms with Crippen molar-refractivity contribution in [3.63, 3.8) is 0 Å². The number of aromatic nitrogens is 2. The van der Waals surface area contributed by atoms with E-state index in [1.54, 1.807) is 23.0 Å². The van der Waals surface area contributed by atoms with Crippen LogP contribution in [0.4, 0.5) is 5.82 Å². The summed E-state index contributed by atoms with van der Waals surface area (Å²) in [5, 5.41) is 8.30. The molecule has 3 atom stereocenters. The standard InChI is InChI=1S/C21H23Cl2N5O2/c1-3-18(29)26-14-7-9-27(11-14)21(30)19-12(2)25-17-6-8-24-28(17)20(19)13-4-5-15(22)16(23)10-13/h4-6,8,10,14,19-20H,3,7,9,11H2,1-2H3,(H,26,29). The van der Waals surface area contributed by atoms with Crippen LogP contribution in [-0.4, -0.2) is 51.3 Å². The minimum absolute atomic E-state index is 0.000394. The van der Waals surface area contributed by atoms with Gasteiger partial charge >= 0.3 is 0 Å². The first-order valence-electron chi connectivity index (χ1n) is 10.0. The molecule has 0 radical (unpaired) electrons. The van der Waals surface area contributed by atoms with Crippen LogP contribution in [-0.2, 0) is 9.59 Å². The summed E-state index contributed by atoms with van der Waals surface area (Å²) in [6.07, 6.45) is 2.85. The summed E-state index contributed by atoms with van der Waals surface area (Å²) < 4.78 is 1.77. The number of rotatable bonds is 4. The summed E-state index contributed by atoms with van der Waals surface area (Å²) in [6.45, 7) is 4.78. The highest BCUT2D eigenvalue weighted by Gasteiger charge is 2.42. The Kier molecular flexibility index (Phi) is 5.84. The zero-order valence-corrected chi connectivity index (χ0v) is 18.3. The Balaban J connectivity index is 1.65. The van der Waals surface area contributed by atoms with E-state index in [2.05, 4.69) is 15.4 Å². The van der Waals surface area contributed by atoms with Crippen molar-refractivity contribution in [3.05, 3.63) is 46.1 Å². The Morgan fingerprint density at radius 3 is 2.77 bits per heavy atom. The molecule has 2 aliphatic rings. The molecule has 30 heavy (non-hydrogen) atoms. The van der Waals surface area contributed by atoms with Gasteiger partial charge in [0.05, 0.1) is 22.3 Å². The van der Waals surface area contributed by atoms with Gasteiger partial charge in [0.1, 0.15) is 5.92 Å². The van der Waals surface area contributed by atoms with Crippen molar-refractivity contribution < 1.29 is 9.59 Å². The lowest BCUT2D eigenvalue weighted by molar-refractivity contribution is -0.133. The number of hydrogen-bond acceptors (Lipinski definition) is 4. The van der Waals surface area contributed by atoms with Gasteiger partial charge in [0.25, 0.3) is 0 Å². The number of benzene rings is 1. The number of likely N-dealkylation sites (tertiary alicyclic amines) is 1. The van der Waals surface area contributed by atoms with Crippen LogP contribution in [0.5, 0.6) is 0 Å². The first kappa shape index (κ1) is 20.9. The van der Waals surface area contributed by atoms with Gasteiger partial charge in [-0.3, -0.25) is 9.59 Å². The highest BCUT2D eigenvalue weighted by molar-refractivity contribution is 6.42. The summed E-state index contributed by atoms with van der Waals surface area (Å²) >= 11 is 12.4. The van der Waals surface area contributed by atoms with E-state index in [-0.39, 0.29) is 23.9 Å². The average Bonchev–Trinajstić information content (AvgIpc) is 3.37.